The van der Waals surface area contributed by atoms with Crippen LogP contribution in [0.25, 0.3) is 0 Å². The first kappa shape index (κ1) is 31.0. The Labute approximate surface area is 238 Å². The lowest BCUT2D eigenvalue weighted by molar-refractivity contribution is 0.0887. The number of nitrogens with one attached hydrogen (secondary N) is 3. The van der Waals surface area contributed by atoms with Gasteiger partial charge in [0.15, 0.2) is 0 Å². The number of ether oxygens (including phenoxy) is 4. The van der Waals surface area contributed by atoms with Crippen LogP contribution in [0.5, 0.6) is 23.0 Å². The van der Waals surface area contributed by atoms with Gasteiger partial charge in [0.25, 0.3) is 23.6 Å². The Morgan fingerprint density at radius 2 is 1.02 bits per heavy atom. The summed E-state index contributed by atoms with van der Waals surface area (Å²) in [6.07, 6.45) is 2.41. The maximum absolute atomic E-state index is 13.2. The van der Waals surface area contributed by atoms with Crippen molar-refractivity contribution < 1.29 is 38.1 Å². The minimum atomic E-state index is -0.730. The Morgan fingerprint density at radius 3 is 1.39 bits per heavy atom. The topological polar surface area (TPSA) is 193 Å². The molecule has 0 atom stereocenters. The minimum Gasteiger partial charge on any atom is -0.496 e. The van der Waals surface area contributed by atoms with Gasteiger partial charge >= 0.3 is 0 Å². The second kappa shape index (κ2) is 14.2. The van der Waals surface area contributed by atoms with Crippen LogP contribution in [0, 0.1) is 0 Å². The monoisotopic (exact) mass is 571 g/mol. The molecule has 0 aromatic heterocycles. The van der Waals surface area contributed by atoms with E-state index in [0.717, 1.165) is 0 Å². The summed E-state index contributed by atoms with van der Waals surface area (Å²) in [6.45, 7) is 0.537. The normalized spacial score (nSPS) is 16.2. The Bertz CT molecular complexity index is 1290. The highest BCUT2D eigenvalue weighted by Crippen LogP contribution is 2.31. The van der Waals surface area contributed by atoms with Crippen molar-refractivity contribution in [3.05, 3.63) is 46.5 Å². The fraction of sp³-hybridized carbons (Fsp3) is 0.429. The van der Waals surface area contributed by atoms with E-state index < -0.39 is 23.6 Å². The van der Waals surface area contributed by atoms with E-state index in [-0.39, 0.29) is 70.4 Å². The van der Waals surface area contributed by atoms with Crippen LogP contribution in [0.15, 0.2) is 24.3 Å². The van der Waals surface area contributed by atoms with Crippen molar-refractivity contribution in [3.8, 4) is 23.0 Å². The number of amides is 4. The van der Waals surface area contributed by atoms with E-state index in [2.05, 4.69) is 16.0 Å². The van der Waals surface area contributed by atoms with Crippen LogP contribution in [0.2, 0.25) is 0 Å². The zero-order chi connectivity index (χ0) is 30.1. The van der Waals surface area contributed by atoms with Crippen LogP contribution in [0.4, 0.5) is 0 Å². The van der Waals surface area contributed by atoms with Gasteiger partial charge in [-0.25, -0.2) is 0 Å². The quantitative estimate of drug-likeness (QED) is 0.247. The SMILES string of the molecule is COc1cc(OC)c(C(=O)NC2CCC(NC(=O)c3cc(C(=O)NCCN)c(OC)cc3OC)CC2)cc1C(N)=O. The van der Waals surface area contributed by atoms with Crippen LogP contribution in [-0.2, 0) is 0 Å². The zero-order valence-electron chi connectivity index (χ0n) is 23.6. The third-order valence-corrected chi connectivity index (χ3v) is 6.87. The summed E-state index contributed by atoms with van der Waals surface area (Å²) >= 11 is 0. The van der Waals surface area contributed by atoms with Gasteiger partial charge in [-0.1, -0.05) is 0 Å². The van der Waals surface area contributed by atoms with Crippen LogP contribution >= 0.6 is 0 Å². The van der Waals surface area contributed by atoms with Crippen molar-refractivity contribution >= 4 is 23.6 Å². The molecule has 41 heavy (non-hydrogen) atoms. The summed E-state index contributed by atoms with van der Waals surface area (Å²) in [6, 6.07) is 5.42. The van der Waals surface area contributed by atoms with Crippen LogP contribution in [0.3, 0.4) is 0 Å². The van der Waals surface area contributed by atoms with Gasteiger partial charge in [0.1, 0.15) is 23.0 Å². The first-order valence-corrected chi connectivity index (χ1v) is 13.1. The van der Waals surface area contributed by atoms with Crippen LogP contribution in [-0.4, -0.2) is 77.2 Å². The number of rotatable bonds is 12. The van der Waals surface area contributed by atoms with Gasteiger partial charge in [-0.3, -0.25) is 19.2 Å². The number of carbonyl (C=O) groups excluding carboxylic acids is 4. The highest BCUT2D eigenvalue weighted by Gasteiger charge is 2.28. The van der Waals surface area contributed by atoms with E-state index in [1.165, 1.54) is 52.7 Å². The highest BCUT2D eigenvalue weighted by molar-refractivity contribution is 6.04. The average Bonchev–Trinajstić information content (AvgIpc) is 2.98. The molecule has 0 unspecified atom stereocenters. The van der Waals surface area contributed by atoms with E-state index in [4.69, 9.17) is 30.4 Å². The Balaban J connectivity index is 1.67. The van der Waals surface area contributed by atoms with Gasteiger partial charge in [-0.2, -0.15) is 0 Å². The molecule has 13 heteroatoms. The van der Waals surface area contributed by atoms with E-state index in [9.17, 15) is 19.2 Å². The number of hydrogen-bond acceptors (Lipinski definition) is 9. The molecule has 2 aromatic carbocycles. The van der Waals surface area contributed by atoms with E-state index in [1.807, 2.05) is 0 Å². The summed E-state index contributed by atoms with van der Waals surface area (Å²) in [7, 11) is 5.66. The number of methoxy groups -OCH3 is 4. The smallest absolute Gasteiger partial charge is 0.255 e. The third-order valence-electron chi connectivity index (χ3n) is 6.87. The fourth-order valence-corrected chi connectivity index (χ4v) is 4.71. The van der Waals surface area contributed by atoms with Gasteiger partial charge in [0.05, 0.1) is 50.7 Å². The molecule has 0 bridgehead atoms. The molecular weight excluding hydrogens is 534 g/mol. The predicted molar refractivity (Wildman–Crippen MR) is 150 cm³/mol. The molecule has 3 rings (SSSR count). The first-order valence-electron chi connectivity index (χ1n) is 13.1. The van der Waals surface area contributed by atoms with Crippen molar-refractivity contribution in [1.29, 1.82) is 0 Å². The Hall–Kier alpha value is -4.52. The van der Waals surface area contributed by atoms with Crippen molar-refractivity contribution in [1.82, 2.24) is 16.0 Å². The van der Waals surface area contributed by atoms with Crippen LogP contribution in [0.1, 0.15) is 67.1 Å². The van der Waals surface area contributed by atoms with Crippen molar-refractivity contribution in [2.24, 2.45) is 11.5 Å². The number of nitrogens with two attached hydrogens (primary N) is 2. The summed E-state index contributed by atoms with van der Waals surface area (Å²) in [5.74, 6) is -0.980. The lowest BCUT2D eigenvalue weighted by Crippen LogP contribution is -2.44. The number of primary amides is 1. The zero-order valence-corrected chi connectivity index (χ0v) is 23.6. The molecule has 2 aromatic rings. The summed E-state index contributed by atoms with van der Waals surface area (Å²) in [5.41, 5.74) is 11.5. The van der Waals surface area contributed by atoms with Crippen LogP contribution < -0.4 is 46.4 Å². The molecule has 0 radical (unpaired) electrons. The third kappa shape index (κ3) is 7.37. The molecule has 7 N–H and O–H groups in total. The molecule has 1 fully saturated rings. The molecule has 13 nitrogen and oxygen atoms in total. The standard InChI is InChI=1S/C28H37N5O8/c1-38-21-13-23(40-3)19(11-17(21)25(30)34)27(36)32-15-5-7-16(8-6-15)33-28(37)20-12-18(26(35)31-10-9-29)22(39-2)14-24(20)41-4/h11-16H,5-10,29H2,1-4H3,(H2,30,34)(H,31,35)(H,32,36)(H,33,37). The van der Waals surface area contributed by atoms with E-state index in [1.54, 1.807) is 0 Å². The highest BCUT2D eigenvalue weighted by atomic mass is 16.5. The molecule has 1 saturated carbocycles. The second-order valence-electron chi connectivity index (χ2n) is 9.41. The average molecular weight is 572 g/mol. The molecule has 0 aliphatic heterocycles. The second-order valence-corrected chi connectivity index (χ2v) is 9.41. The molecule has 0 spiro atoms. The molecule has 0 heterocycles. The molecule has 1 aliphatic carbocycles. The van der Waals surface area contributed by atoms with E-state index in [0.29, 0.717) is 25.7 Å². The van der Waals surface area contributed by atoms with Gasteiger partial charge in [0, 0.05) is 37.3 Å². The van der Waals surface area contributed by atoms with Gasteiger partial charge in [-0.15, -0.1) is 0 Å². The lowest BCUT2D eigenvalue weighted by Gasteiger charge is -2.30. The summed E-state index contributed by atoms with van der Waals surface area (Å²) < 4.78 is 21.2. The molecular formula is C28H37N5O8. The van der Waals surface area contributed by atoms with Crippen molar-refractivity contribution in [2.45, 2.75) is 37.8 Å². The number of carbonyl (C=O) groups is 4. The summed E-state index contributed by atoms with van der Waals surface area (Å²) in [5, 5.41) is 8.65. The Morgan fingerprint density at radius 1 is 0.659 bits per heavy atom. The maximum Gasteiger partial charge on any atom is 0.255 e. The molecule has 222 valence electrons. The first-order chi connectivity index (χ1) is 19.7. The predicted octanol–water partition coefficient (Wildman–Crippen LogP) is 0.979. The van der Waals surface area contributed by atoms with E-state index >= 15 is 0 Å². The molecule has 0 saturated heterocycles. The summed E-state index contributed by atoms with van der Waals surface area (Å²) in [4.78, 5) is 50.7. The van der Waals surface area contributed by atoms with Crippen molar-refractivity contribution in [3.63, 3.8) is 0 Å². The maximum atomic E-state index is 13.2. The Kier molecular flexibility index (Phi) is 10.8. The fourth-order valence-electron chi connectivity index (χ4n) is 4.71. The molecule has 4 amide bonds. The minimum absolute atomic E-state index is 0.0684. The van der Waals surface area contributed by atoms with Gasteiger partial charge < -0.3 is 46.4 Å². The van der Waals surface area contributed by atoms with Crippen molar-refractivity contribution in [2.75, 3.05) is 41.5 Å². The largest absolute Gasteiger partial charge is 0.496 e. The number of benzene rings is 2. The lowest BCUT2D eigenvalue weighted by atomic mass is 9.90. The molecule has 1 aliphatic rings. The van der Waals surface area contributed by atoms with Gasteiger partial charge in [-0.05, 0) is 37.8 Å². The van der Waals surface area contributed by atoms with Gasteiger partial charge in [0.2, 0.25) is 0 Å². The number of hydrogen-bond donors (Lipinski definition) is 5.